The maximum atomic E-state index is 10.5. The normalized spacial score (nSPS) is 12.8. The van der Waals surface area contributed by atoms with Crippen LogP contribution in [0.25, 0.3) is 10.1 Å². The van der Waals surface area contributed by atoms with Gasteiger partial charge >= 0.3 is 0 Å². The van der Waals surface area contributed by atoms with Gasteiger partial charge < -0.3 is 20.5 Å². The predicted octanol–water partition coefficient (Wildman–Crippen LogP) is 3.31. The number of hydrogen-bond donors (Lipinski definition) is 3. The summed E-state index contributed by atoms with van der Waals surface area (Å²) in [6.45, 7) is 0.973. The molecule has 0 aliphatic rings. The summed E-state index contributed by atoms with van der Waals surface area (Å²) in [6, 6.07) is 18.0. The minimum atomic E-state index is -0.586. The highest BCUT2D eigenvalue weighted by molar-refractivity contribution is 7.19. The van der Waals surface area contributed by atoms with E-state index in [2.05, 4.69) is 27.8 Å². The van der Waals surface area contributed by atoms with Crippen LogP contribution in [0.2, 0.25) is 0 Å². The van der Waals surface area contributed by atoms with E-state index in [-0.39, 0.29) is 0 Å². The molecule has 0 amide bonds. The van der Waals surface area contributed by atoms with Gasteiger partial charge in [-0.3, -0.25) is 4.99 Å². The van der Waals surface area contributed by atoms with Crippen molar-refractivity contribution in [2.45, 2.75) is 12.6 Å². The molecule has 1 atom stereocenters. The summed E-state index contributed by atoms with van der Waals surface area (Å²) >= 11 is 1.61. The molecule has 6 heteroatoms. The van der Waals surface area contributed by atoms with Crippen LogP contribution in [0.4, 0.5) is 0 Å². The van der Waals surface area contributed by atoms with Gasteiger partial charge in [0.1, 0.15) is 11.9 Å². The van der Waals surface area contributed by atoms with Crippen molar-refractivity contribution in [3.63, 3.8) is 0 Å². The van der Waals surface area contributed by atoms with Gasteiger partial charge in [-0.05, 0) is 23.6 Å². The molecule has 136 valence electrons. The SMILES string of the molecule is CN=C(NCc1ccccc1OC)NCC(O)c1cc2ccccc2s1. The largest absolute Gasteiger partial charge is 0.496 e. The number of methoxy groups -OCH3 is 1. The van der Waals surface area contributed by atoms with Crippen LogP contribution in [-0.4, -0.2) is 31.8 Å². The second kappa shape index (κ2) is 8.69. The Bertz CT molecular complexity index is 858. The molecule has 3 aromatic rings. The smallest absolute Gasteiger partial charge is 0.191 e. The Hall–Kier alpha value is -2.57. The molecule has 2 aromatic carbocycles. The Kier molecular flexibility index (Phi) is 6.09. The van der Waals surface area contributed by atoms with Crippen molar-refractivity contribution in [2.24, 2.45) is 4.99 Å². The summed E-state index contributed by atoms with van der Waals surface area (Å²) in [4.78, 5) is 5.16. The highest BCUT2D eigenvalue weighted by Crippen LogP contribution is 2.29. The molecule has 0 fully saturated rings. The molecule has 1 aromatic heterocycles. The number of hydrogen-bond acceptors (Lipinski definition) is 4. The van der Waals surface area contributed by atoms with Gasteiger partial charge in [-0.25, -0.2) is 0 Å². The second-order valence-corrected chi connectivity index (χ2v) is 6.94. The number of ether oxygens (including phenoxy) is 1. The number of thiophene rings is 1. The highest BCUT2D eigenvalue weighted by Gasteiger charge is 2.12. The summed E-state index contributed by atoms with van der Waals surface area (Å²) in [7, 11) is 3.37. The lowest BCUT2D eigenvalue weighted by Crippen LogP contribution is -2.38. The monoisotopic (exact) mass is 369 g/mol. The first kappa shape index (κ1) is 18.2. The van der Waals surface area contributed by atoms with Crippen molar-refractivity contribution in [3.05, 3.63) is 65.0 Å². The lowest BCUT2D eigenvalue weighted by Gasteiger charge is -2.15. The first-order chi connectivity index (χ1) is 12.7. The maximum absolute atomic E-state index is 10.5. The van der Waals surface area contributed by atoms with E-state index in [9.17, 15) is 5.11 Å². The minimum absolute atomic E-state index is 0.387. The zero-order chi connectivity index (χ0) is 18.4. The molecule has 1 unspecified atom stereocenters. The molecule has 0 saturated carbocycles. The zero-order valence-corrected chi connectivity index (χ0v) is 15.7. The van der Waals surface area contributed by atoms with Crippen molar-refractivity contribution < 1.29 is 9.84 Å². The van der Waals surface area contributed by atoms with Crippen LogP contribution in [0, 0.1) is 0 Å². The third-order valence-corrected chi connectivity index (χ3v) is 5.32. The van der Waals surface area contributed by atoms with Crippen molar-refractivity contribution in [2.75, 3.05) is 20.7 Å². The molecule has 5 nitrogen and oxygen atoms in total. The summed E-state index contributed by atoms with van der Waals surface area (Å²) < 4.78 is 6.54. The topological polar surface area (TPSA) is 65.9 Å². The molecule has 0 saturated heterocycles. The van der Waals surface area contributed by atoms with Gasteiger partial charge in [0, 0.05) is 35.3 Å². The number of aliphatic imine (C=N–C) groups is 1. The fourth-order valence-electron chi connectivity index (χ4n) is 2.71. The first-order valence-corrected chi connectivity index (χ1v) is 9.26. The lowest BCUT2D eigenvalue weighted by molar-refractivity contribution is 0.184. The molecule has 0 spiro atoms. The number of fused-ring (bicyclic) bond motifs is 1. The number of para-hydroxylation sites is 1. The number of nitrogens with zero attached hydrogens (tertiary/aromatic N) is 1. The Labute approximate surface area is 157 Å². The molecule has 26 heavy (non-hydrogen) atoms. The summed E-state index contributed by atoms with van der Waals surface area (Å²) in [5.74, 6) is 1.47. The molecule has 0 aliphatic heterocycles. The Morgan fingerprint density at radius 2 is 1.92 bits per heavy atom. The lowest BCUT2D eigenvalue weighted by atomic mass is 10.2. The first-order valence-electron chi connectivity index (χ1n) is 8.44. The third-order valence-electron chi connectivity index (χ3n) is 4.10. The molecule has 0 bridgehead atoms. The van der Waals surface area contributed by atoms with E-state index < -0.39 is 6.10 Å². The molecular formula is C20H23N3O2S. The molecule has 1 heterocycles. The Morgan fingerprint density at radius 1 is 1.15 bits per heavy atom. The second-order valence-electron chi connectivity index (χ2n) is 5.82. The molecule has 0 radical (unpaired) electrons. The summed E-state index contributed by atoms with van der Waals surface area (Å²) in [5, 5.41) is 18.1. The standard InChI is InChI=1S/C20H23N3O2S/c1-21-20(22-12-15-8-3-5-9-17(15)25-2)23-13-16(24)19-11-14-7-4-6-10-18(14)26-19/h3-11,16,24H,12-13H2,1-2H3,(H2,21,22,23). The minimum Gasteiger partial charge on any atom is -0.496 e. The van der Waals surface area contributed by atoms with Crippen molar-refractivity contribution in [1.82, 2.24) is 10.6 Å². The molecular weight excluding hydrogens is 346 g/mol. The van der Waals surface area contributed by atoms with Crippen molar-refractivity contribution in [1.29, 1.82) is 0 Å². The number of benzene rings is 2. The number of aliphatic hydroxyl groups excluding tert-OH is 1. The van der Waals surface area contributed by atoms with E-state index in [1.165, 1.54) is 4.70 Å². The number of nitrogens with one attached hydrogen (secondary N) is 2. The highest BCUT2D eigenvalue weighted by atomic mass is 32.1. The van der Waals surface area contributed by atoms with Crippen LogP contribution in [0.5, 0.6) is 5.75 Å². The van der Waals surface area contributed by atoms with E-state index in [0.29, 0.717) is 19.0 Å². The third kappa shape index (κ3) is 4.33. The predicted molar refractivity (Wildman–Crippen MR) is 108 cm³/mol. The number of guanidine groups is 1. The Balaban J connectivity index is 1.56. The summed E-state index contributed by atoms with van der Waals surface area (Å²) in [5.41, 5.74) is 1.04. The van der Waals surface area contributed by atoms with E-state index in [4.69, 9.17) is 4.74 Å². The maximum Gasteiger partial charge on any atom is 0.191 e. The van der Waals surface area contributed by atoms with Crippen molar-refractivity contribution >= 4 is 27.4 Å². The van der Waals surface area contributed by atoms with Gasteiger partial charge in [-0.2, -0.15) is 0 Å². The average Bonchev–Trinajstić information content (AvgIpc) is 3.12. The van der Waals surface area contributed by atoms with Crippen LogP contribution in [0.3, 0.4) is 0 Å². The molecule has 3 rings (SSSR count). The Morgan fingerprint density at radius 3 is 2.69 bits per heavy atom. The van der Waals surface area contributed by atoms with Gasteiger partial charge in [0.05, 0.1) is 7.11 Å². The number of aliphatic hydroxyl groups is 1. The molecule has 0 aliphatic carbocycles. The van der Waals surface area contributed by atoms with Gasteiger partial charge in [0.25, 0.3) is 0 Å². The van der Waals surface area contributed by atoms with Crippen LogP contribution in [-0.2, 0) is 6.54 Å². The summed E-state index contributed by atoms with van der Waals surface area (Å²) in [6.07, 6.45) is -0.586. The van der Waals surface area contributed by atoms with E-state index in [0.717, 1.165) is 21.6 Å². The van der Waals surface area contributed by atoms with E-state index in [1.54, 1.807) is 25.5 Å². The fourth-order valence-corrected chi connectivity index (χ4v) is 3.76. The quantitative estimate of drug-likeness (QED) is 0.461. The van der Waals surface area contributed by atoms with E-state index >= 15 is 0 Å². The molecule has 3 N–H and O–H groups in total. The van der Waals surface area contributed by atoms with Crippen LogP contribution in [0.1, 0.15) is 16.5 Å². The van der Waals surface area contributed by atoms with Gasteiger partial charge in [0.2, 0.25) is 0 Å². The van der Waals surface area contributed by atoms with Crippen LogP contribution < -0.4 is 15.4 Å². The van der Waals surface area contributed by atoms with Crippen molar-refractivity contribution in [3.8, 4) is 5.75 Å². The number of rotatable bonds is 6. The fraction of sp³-hybridized carbons (Fsp3) is 0.250. The van der Waals surface area contributed by atoms with Crippen LogP contribution >= 0.6 is 11.3 Å². The average molecular weight is 369 g/mol. The van der Waals surface area contributed by atoms with E-state index in [1.807, 2.05) is 42.5 Å². The van der Waals surface area contributed by atoms with Gasteiger partial charge in [-0.1, -0.05) is 36.4 Å². The van der Waals surface area contributed by atoms with Crippen LogP contribution in [0.15, 0.2) is 59.6 Å². The van der Waals surface area contributed by atoms with Gasteiger partial charge in [0.15, 0.2) is 5.96 Å². The zero-order valence-electron chi connectivity index (χ0n) is 14.9. The van der Waals surface area contributed by atoms with Gasteiger partial charge in [-0.15, -0.1) is 11.3 Å².